The van der Waals surface area contributed by atoms with E-state index < -0.39 is 0 Å². The van der Waals surface area contributed by atoms with Gasteiger partial charge in [-0.1, -0.05) is 5.92 Å². The van der Waals surface area contributed by atoms with Gasteiger partial charge in [0.1, 0.15) is 23.9 Å². The molecule has 0 fully saturated rings. The van der Waals surface area contributed by atoms with Crippen molar-refractivity contribution in [2.75, 3.05) is 13.7 Å². The van der Waals surface area contributed by atoms with Crippen LogP contribution in [0.1, 0.15) is 0 Å². The third-order valence-electron chi connectivity index (χ3n) is 3.03. The van der Waals surface area contributed by atoms with Gasteiger partial charge in [0.05, 0.1) is 29.9 Å². The molecule has 2 heterocycles. The molecule has 0 unspecified atom stereocenters. The molecule has 0 bridgehead atoms. The Hall–Kier alpha value is -3.00. The Labute approximate surface area is 122 Å². The Balaban J connectivity index is 2.08. The number of methoxy groups -OCH3 is 1. The first-order chi connectivity index (χ1) is 10.3. The van der Waals surface area contributed by atoms with Crippen LogP contribution >= 0.6 is 0 Å². The Kier molecular flexibility index (Phi) is 3.44. The maximum atomic E-state index is 5.45. The smallest absolute Gasteiger partial charge is 0.148 e. The summed E-state index contributed by atoms with van der Waals surface area (Å²) in [5.41, 5.74) is 2.52. The SMILES string of the molecule is C#CCOc1ccc(OC)c(-c2nc3ccncc3[nH]2)c1. The molecule has 0 saturated heterocycles. The van der Waals surface area contributed by atoms with Crippen molar-refractivity contribution in [3.05, 3.63) is 36.7 Å². The number of H-pyrrole nitrogens is 1. The number of benzene rings is 1. The van der Waals surface area contributed by atoms with Gasteiger partial charge >= 0.3 is 0 Å². The fraction of sp³-hybridized carbons (Fsp3) is 0.125. The molecule has 5 heteroatoms. The van der Waals surface area contributed by atoms with Gasteiger partial charge < -0.3 is 14.5 Å². The van der Waals surface area contributed by atoms with Gasteiger partial charge in [-0.2, -0.15) is 0 Å². The summed E-state index contributed by atoms with van der Waals surface area (Å²) in [5, 5.41) is 0. The summed E-state index contributed by atoms with van der Waals surface area (Å²) in [6, 6.07) is 7.33. The zero-order valence-electron chi connectivity index (χ0n) is 11.5. The van der Waals surface area contributed by atoms with Crippen LogP contribution in [0.5, 0.6) is 11.5 Å². The molecule has 0 aliphatic heterocycles. The molecular weight excluding hydrogens is 266 g/mol. The van der Waals surface area contributed by atoms with E-state index >= 15 is 0 Å². The van der Waals surface area contributed by atoms with E-state index in [4.69, 9.17) is 15.9 Å². The molecule has 1 aromatic carbocycles. The molecular formula is C16H13N3O2. The lowest BCUT2D eigenvalue weighted by Gasteiger charge is -2.09. The van der Waals surface area contributed by atoms with Crippen LogP contribution in [0.25, 0.3) is 22.4 Å². The number of ether oxygens (including phenoxy) is 2. The molecule has 0 radical (unpaired) electrons. The van der Waals surface area contributed by atoms with Crippen molar-refractivity contribution in [1.29, 1.82) is 0 Å². The van der Waals surface area contributed by atoms with E-state index in [9.17, 15) is 0 Å². The molecule has 21 heavy (non-hydrogen) atoms. The maximum Gasteiger partial charge on any atom is 0.148 e. The van der Waals surface area contributed by atoms with Crippen molar-refractivity contribution in [3.63, 3.8) is 0 Å². The van der Waals surface area contributed by atoms with Crippen molar-refractivity contribution < 1.29 is 9.47 Å². The number of nitrogens with one attached hydrogen (secondary N) is 1. The standard InChI is InChI=1S/C16H13N3O2/c1-3-8-21-11-4-5-15(20-2)12(9-11)16-18-13-6-7-17-10-14(13)19-16/h1,4-7,9-10H,8H2,2H3,(H,18,19). The van der Waals surface area contributed by atoms with Gasteiger partial charge in [0.25, 0.3) is 0 Å². The van der Waals surface area contributed by atoms with E-state index in [0.29, 0.717) is 17.3 Å². The van der Waals surface area contributed by atoms with E-state index in [2.05, 4.69) is 20.9 Å². The highest BCUT2D eigenvalue weighted by Gasteiger charge is 2.12. The van der Waals surface area contributed by atoms with Gasteiger partial charge in [0, 0.05) is 6.20 Å². The molecule has 0 atom stereocenters. The fourth-order valence-corrected chi connectivity index (χ4v) is 2.07. The van der Waals surface area contributed by atoms with Crippen LogP contribution in [0.3, 0.4) is 0 Å². The average Bonchev–Trinajstić information content (AvgIpc) is 2.96. The first-order valence-corrected chi connectivity index (χ1v) is 6.36. The molecule has 0 amide bonds. The molecule has 5 nitrogen and oxygen atoms in total. The summed E-state index contributed by atoms with van der Waals surface area (Å²) in [7, 11) is 1.62. The third-order valence-corrected chi connectivity index (χ3v) is 3.03. The van der Waals surface area contributed by atoms with Crippen LogP contribution in [0.2, 0.25) is 0 Å². The van der Waals surface area contributed by atoms with Crippen LogP contribution < -0.4 is 9.47 Å². The number of rotatable bonds is 4. The summed E-state index contributed by atoms with van der Waals surface area (Å²) < 4.78 is 10.8. The van der Waals surface area contributed by atoms with Crippen LogP contribution in [0, 0.1) is 12.3 Å². The van der Waals surface area contributed by atoms with Gasteiger partial charge in [-0.3, -0.25) is 4.98 Å². The van der Waals surface area contributed by atoms with Crippen molar-refractivity contribution in [3.8, 4) is 35.2 Å². The third kappa shape index (κ3) is 2.51. The van der Waals surface area contributed by atoms with Crippen LogP contribution in [-0.2, 0) is 0 Å². The van der Waals surface area contributed by atoms with Gasteiger partial charge in [0.2, 0.25) is 0 Å². The van der Waals surface area contributed by atoms with Crippen molar-refractivity contribution in [1.82, 2.24) is 15.0 Å². The van der Waals surface area contributed by atoms with E-state index in [0.717, 1.165) is 16.6 Å². The van der Waals surface area contributed by atoms with E-state index in [1.54, 1.807) is 19.5 Å². The normalized spacial score (nSPS) is 10.3. The first kappa shape index (κ1) is 13.0. The van der Waals surface area contributed by atoms with Crippen molar-refractivity contribution in [2.24, 2.45) is 0 Å². The molecule has 0 spiro atoms. The zero-order chi connectivity index (χ0) is 14.7. The highest BCUT2D eigenvalue weighted by Crippen LogP contribution is 2.32. The second-order valence-electron chi connectivity index (χ2n) is 4.33. The zero-order valence-corrected chi connectivity index (χ0v) is 11.5. The van der Waals surface area contributed by atoms with Crippen molar-refractivity contribution in [2.45, 2.75) is 0 Å². The number of aromatic nitrogens is 3. The highest BCUT2D eigenvalue weighted by atomic mass is 16.5. The lowest BCUT2D eigenvalue weighted by atomic mass is 10.2. The summed E-state index contributed by atoms with van der Waals surface area (Å²) in [5.74, 6) is 4.51. The van der Waals surface area contributed by atoms with E-state index in [-0.39, 0.29) is 6.61 Å². The Morgan fingerprint density at radius 1 is 1.33 bits per heavy atom. The number of fused-ring (bicyclic) bond motifs is 1. The second-order valence-corrected chi connectivity index (χ2v) is 4.33. The minimum atomic E-state index is 0.218. The summed E-state index contributed by atoms with van der Waals surface area (Å²) in [6.45, 7) is 0.218. The Bertz CT molecular complexity index is 785. The largest absolute Gasteiger partial charge is 0.496 e. The molecule has 0 aliphatic carbocycles. The second kappa shape index (κ2) is 5.55. The van der Waals surface area contributed by atoms with E-state index in [1.165, 1.54) is 0 Å². The Morgan fingerprint density at radius 3 is 3.00 bits per heavy atom. The number of hydrogen-bond acceptors (Lipinski definition) is 4. The topological polar surface area (TPSA) is 60.0 Å². The number of imidazole rings is 1. The number of aromatic amines is 1. The molecule has 0 saturated carbocycles. The Morgan fingerprint density at radius 2 is 2.24 bits per heavy atom. The quantitative estimate of drug-likeness (QED) is 0.746. The molecule has 1 N–H and O–H groups in total. The predicted octanol–water partition coefficient (Wildman–Crippen LogP) is 2.65. The minimum absolute atomic E-state index is 0.218. The highest BCUT2D eigenvalue weighted by molar-refractivity contribution is 5.80. The average molecular weight is 279 g/mol. The minimum Gasteiger partial charge on any atom is -0.496 e. The van der Waals surface area contributed by atoms with Gasteiger partial charge in [0.15, 0.2) is 0 Å². The number of pyridine rings is 1. The van der Waals surface area contributed by atoms with Crippen LogP contribution in [0.4, 0.5) is 0 Å². The maximum absolute atomic E-state index is 5.45. The van der Waals surface area contributed by atoms with Crippen LogP contribution in [-0.4, -0.2) is 28.7 Å². The van der Waals surface area contributed by atoms with E-state index in [1.807, 2.05) is 24.3 Å². The summed E-state index contributed by atoms with van der Waals surface area (Å²) in [6.07, 6.45) is 8.65. The number of nitrogens with zero attached hydrogens (tertiary/aromatic N) is 2. The summed E-state index contributed by atoms with van der Waals surface area (Å²) in [4.78, 5) is 11.8. The van der Waals surface area contributed by atoms with Gasteiger partial charge in [-0.15, -0.1) is 6.42 Å². The summed E-state index contributed by atoms with van der Waals surface area (Å²) >= 11 is 0. The predicted molar refractivity (Wildman–Crippen MR) is 80.2 cm³/mol. The molecule has 3 aromatic rings. The molecule has 0 aliphatic rings. The monoisotopic (exact) mass is 279 g/mol. The fourth-order valence-electron chi connectivity index (χ4n) is 2.07. The first-order valence-electron chi connectivity index (χ1n) is 6.36. The molecule has 2 aromatic heterocycles. The van der Waals surface area contributed by atoms with Crippen LogP contribution in [0.15, 0.2) is 36.7 Å². The van der Waals surface area contributed by atoms with Gasteiger partial charge in [-0.05, 0) is 24.3 Å². The lowest BCUT2D eigenvalue weighted by molar-refractivity contribution is 0.368. The van der Waals surface area contributed by atoms with Gasteiger partial charge in [-0.25, -0.2) is 4.98 Å². The number of hydrogen-bond donors (Lipinski definition) is 1. The number of terminal acetylenes is 1. The molecule has 3 rings (SSSR count). The lowest BCUT2D eigenvalue weighted by Crippen LogP contribution is -1.95. The van der Waals surface area contributed by atoms with Crippen molar-refractivity contribution >= 4 is 11.0 Å². The molecule has 104 valence electrons.